The Hall–Kier alpha value is -2.55. The molecule has 1 N–H and O–H groups in total. The fraction of sp³-hybridized carbons (Fsp3) is 0.444. The lowest BCUT2D eigenvalue weighted by atomic mass is 10.1. The molecule has 1 fully saturated rings. The molecule has 0 saturated carbocycles. The van der Waals surface area contributed by atoms with Crippen LogP contribution >= 0.6 is 0 Å². The zero-order valence-electron chi connectivity index (χ0n) is 15.0. The van der Waals surface area contributed by atoms with E-state index < -0.39 is 17.6 Å². The average molecular weight is 383 g/mol. The van der Waals surface area contributed by atoms with Crippen LogP contribution in [0, 0.1) is 13.8 Å². The number of carbonyl (C=O) groups excluding carboxylic acids is 1. The first-order valence-electron chi connectivity index (χ1n) is 8.51. The number of anilines is 2. The highest BCUT2D eigenvalue weighted by Gasteiger charge is 2.32. The van der Waals surface area contributed by atoms with Gasteiger partial charge in [0, 0.05) is 18.7 Å². The van der Waals surface area contributed by atoms with Crippen molar-refractivity contribution in [1.29, 1.82) is 0 Å². The van der Waals surface area contributed by atoms with Crippen molar-refractivity contribution in [3.8, 4) is 0 Å². The number of hydrogen-bond donors (Lipinski definition) is 1. The second kappa shape index (κ2) is 7.59. The topological polar surface area (TPSA) is 67.6 Å². The van der Waals surface area contributed by atoms with Crippen LogP contribution in [-0.4, -0.2) is 37.4 Å². The molecule has 0 radical (unpaired) electrons. The van der Waals surface area contributed by atoms with Crippen LogP contribution in [-0.2, 0) is 22.1 Å². The summed E-state index contributed by atoms with van der Waals surface area (Å²) in [6.07, 6.45) is -4.52. The lowest BCUT2D eigenvalue weighted by molar-refractivity contribution is -0.137. The number of nitrogens with zero attached hydrogens (tertiary/aromatic N) is 2. The fourth-order valence-electron chi connectivity index (χ4n) is 3.00. The molecule has 0 bridgehead atoms. The molecule has 1 saturated heterocycles. The van der Waals surface area contributed by atoms with Crippen molar-refractivity contribution in [1.82, 2.24) is 5.16 Å². The van der Waals surface area contributed by atoms with Gasteiger partial charge < -0.3 is 19.5 Å². The maximum atomic E-state index is 13.1. The first-order valence-corrected chi connectivity index (χ1v) is 8.51. The normalized spacial score (nSPS) is 15.1. The lowest BCUT2D eigenvalue weighted by Crippen LogP contribution is -2.37. The number of ether oxygens (including phenoxy) is 1. The van der Waals surface area contributed by atoms with Gasteiger partial charge in [-0.1, -0.05) is 5.16 Å². The van der Waals surface area contributed by atoms with E-state index in [2.05, 4.69) is 10.5 Å². The summed E-state index contributed by atoms with van der Waals surface area (Å²) in [5.74, 6) is 0.0818. The Morgan fingerprint density at radius 1 is 1.26 bits per heavy atom. The molecule has 6 nitrogen and oxygen atoms in total. The third kappa shape index (κ3) is 4.41. The number of amides is 1. The van der Waals surface area contributed by atoms with E-state index in [-0.39, 0.29) is 12.1 Å². The van der Waals surface area contributed by atoms with Crippen molar-refractivity contribution < 1.29 is 27.2 Å². The smallest absolute Gasteiger partial charge is 0.378 e. The van der Waals surface area contributed by atoms with E-state index in [1.54, 1.807) is 13.8 Å². The molecular formula is C18H20F3N3O3. The molecular weight excluding hydrogens is 363 g/mol. The van der Waals surface area contributed by atoms with E-state index in [0.29, 0.717) is 49.0 Å². The number of hydrogen-bond acceptors (Lipinski definition) is 5. The maximum absolute atomic E-state index is 13.1. The van der Waals surface area contributed by atoms with Crippen molar-refractivity contribution in [2.24, 2.45) is 0 Å². The quantitative estimate of drug-likeness (QED) is 0.877. The van der Waals surface area contributed by atoms with Crippen LogP contribution < -0.4 is 10.2 Å². The van der Waals surface area contributed by atoms with Crippen LogP contribution in [0.15, 0.2) is 22.7 Å². The van der Waals surface area contributed by atoms with Gasteiger partial charge in [-0.3, -0.25) is 4.79 Å². The number of alkyl halides is 3. The summed E-state index contributed by atoms with van der Waals surface area (Å²) < 4.78 is 49.7. The van der Waals surface area contributed by atoms with Crippen molar-refractivity contribution in [2.75, 3.05) is 36.5 Å². The predicted molar refractivity (Wildman–Crippen MR) is 92.8 cm³/mol. The molecule has 0 atom stereocenters. The van der Waals surface area contributed by atoms with Gasteiger partial charge >= 0.3 is 6.18 Å². The molecule has 1 aromatic carbocycles. The molecule has 0 aliphatic carbocycles. The van der Waals surface area contributed by atoms with Crippen molar-refractivity contribution in [3.63, 3.8) is 0 Å². The van der Waals surface area contributed by atoms with Gasteiger partial charge in [0.05, 0.1) is 42.3 Å². The van der Waals surface area contributed by atoms with E-state index >= 15 is 0 Å². The Morgan fingerprint density at radius 2 is 1.96 bits per heavy atom. The summed E-state index contributed by atoms with van der Waals surface area (Å²) >= 11 is 0. The standard InChI is InChI=1S/C18H20F3N3O3/c1-11-14(12(2)27-23-11)10-17(25)22-15-9-13(18(19,20)21)3-4-16(15)24-5-7-26-8-6-24/h3-4,9H,5-8,10H2,1-2H3,(H,22,25). The lowest BCUT2D eigenvalue weighted by Gasteiger charge is -2.31. The van der Waals surface area contributed by atoms with Crippen molar-refractivity contribution in [3.05, 3.63) is 40.8 Å². The SMILES string of the molecule is Cc1noc(C)c1CC(=O)Nc1cc(C(F)(F)F)ccc1N1CCOCC1. The highest BCUT2D eigenvalue weighted by molar-refractivity contribution is 5.96. The molecule has 3 rings (SSSR count). The minimum Gasteiger partial charge on any atom is -0.378 e. The molecule has 2 aromatic rings. The molecule has 1 aliphatic heterocycles. The summed E-state index contributed by atoms with van der Waals surface area (Å²) in [4.78, 5) is 14.4. The molecule has 1 amide bonds. The van der Waals surface area contributed by atoms with Gasteiger partial charge in [-0.2, -0.15) is 13.2 Å². The van der Waals surface area contributed by atoms with Gasteiger partial charge in [0.1, 0.15) is 5.76 Å². The van der Waals surface area contributed by atoms with Crippen molar-refractivity contribution in [2.45, 2.75) is 26.4 Å². The van der Waals surface area contributed by atoms with Crippen LogP contribution in [0.2, 0.25) is 0 Å². The Kier molecular flexibility index (Phi) is 5.41. The van der Waals surface area contributed by atoms with Gasteiger partial charge in [-0.15, -0.1) is 0 Å². The van der Waals surface area contributed by atoms with Gasteiger partial charge in [-0.25, -0.2) is 0 Å². The zero-order valence-corrected chi connectivity index (χ0v) is 15.0. The number of nitrogens with one attached hydrogen (secondary N) is 1. The molecule has 146 valence electrons. The minimum absolute atomic E-state index is 0.0278. The minimum atomic E-state index is -4.50. The van der Waals surface area contributed by atoms with Crippen LogP contribution in [0.3, 0.4) is 0 Å². The van der Waals surface area contributed by atoms with Gasteiger partial charge in [0.2, 0.25) is 5.91 Å². The Bertz CT molecular complexity index is 807. The summed E-state index contributed by atoms with van der Waals surface area (Å²) in [5, 5.41) is 6.41. The van der Waals surface area contributed by atoms with Crippen molar-refractivity contribution >= 4 is 17.3 Å². The molecule has 1 aliphatic rings. The van der Waals surface area contributed by atoms with E-state index in [0.717, 1.165) is 12.1 Å². The molecule has 9 heteroatoms. The largest absolute Gasteiger partial charge is 0.416 e. The third-order valence-electron chi connectivity index (χ3n) is 4.47. The number of morpholine rings is 1. The second-order valence-corrected chi connectivity index (χ2v) is 6.36. The first kappa shape index (κ1) is 19.2. The number of aromatic nitrogens is 1. The summed E-state index contributed by atoms with van der Waals surface area (Å²) in [7, 11) is 0. The summed E-state index contributed by atoms with van der Waals surface area (Å²) in [6.45, 7) is 5.44. The molecule has 0 spiro atoms. The number of rotatable bonds is 4. The Morgan fingerprint density at radius 3 is 2.56 bits per heavy atom. The number of halogens is 3. The molecule has 1 aromatic heterocycles. The fourth-order valence-corrected chi connectivity index (χ4v) is 3.00. The van der Waals surface area contributed by atoms with E-state index in [4.69, 9.17) is 9.26 Å². The van der Waals surface area contributed by atoms with Crippen LogP contribution in [0.1, 0.15) is 22.6 Å². The highest BCUT2D eigenvalue weighted by atomic mass is 19.4. The summed E-state index contributed by atoms with van der Waals surface area (Å²) in [5.41, 5.74) is 1.07. The molecule has 2 heterocycles. The molecule has 0 unspecified atom stereocenters. The van der Waals surface area contributed by atoms with Gasteiger partial charge in [0.15, 0.2) is 0 Å². The Labute approximate surface area is 154 Å². The number of carbonyl (C=O) groups is 1. The van der Waals surface area contributed by atoms with Crippen LogP contribution in [0.25, 0.3) is 0 Å². The highest BCUT2D eigenvalue weighted by Crippen LogP contribution is 2.36. The monoisotopic (exact) mass is 383 g/mol. The maximum Gasteiger partial charge on any atom is 0.416 e. The van der Waals surface area contributed by atoms with Crippen LogP contribution in [0.5, 0.6) is 0 Å². The van der Waals surface area contributed by atoms with Gasteiger partial charge in [-0.05, 0) is 32.0 Å². The zero-order chi connectivity index (χ0) is 19.6. The van der Waals surface area contributed by atoms with E-state index in [9.17, 15) is 18.0 Å². The molecule has 27 heavy (non-hydrogen) atoms. The first-order chi connectivity index (χ1) is 12.8. The van der Waals surface area contributed by atoms with E-state index in [1.165, 1.54) is 6.07 Å². The predicted octanol–water partition coefficient (Wildman–Crippen LogP) is 3.33. The third-order valence-corrected chi connectivity index (χ3v) is 4.47. The number of aryl methyl sites for hydroxylation is 2. The van der Waals surface area contributed by atoms with Gasteiger partial charge in [0.25, 0.3) is 0 Å². The van der Waals surface area contributed by atoms with Crippen LogP contribution in [0.4, 0.5) is 24.5 Å². The second-order valence-electron chi connectivity index (χ2n) is 6.36. The average Bonchev–Trinajstić information content (AvgIpc) is 2.93. The Balaban J connectivity index is 1.87. The summed E-state index contributed by atoms with van der Waals surface area (Å²) in [6, 6.07) is 3.38. The van der Waals surface area contributed by atoms with E-state index in [1.807, 2.05) is 4.90 Å². The number of benzene rings is 1.